The van der Waals surface area contributed by atoms with Crippen molar-refractivity contribution in [3.05, 3.63) is 34.3 Å². The summed E-state index contributed by atoms with van der Waals surface area (Å²) in [5.74, 6) is 7.74. The molecule has 6 heteroatoms. The molecule has 5 nitrogen and oxygen atoms in total. The summed E-state index contributed by atoms with van der Waals surface area (Å²) in [6.07, 6.45) is 1.85. The molecule has 0 aliphatic carbocycles. The smallest absolute Gasteiger partial charge is 0.145 e. The van der Waals surface area contributed by atoms with Crippen LogP contribution in [0.25, 0.3) is 0 Å². The van der Waals surface area contributed by atoms with Gasteiger partial charge in [0.05, 0.1) is 0 Å². The molecular formula is C15H23N5S. The zero-order chi connectivity index (χ0) is 15.3. The Morgan fingerprint density at radius 3 is 2.67 bits per heavy atom. The number of aromatic nitrogens is 2. The van der Waals surface area contributed by atoms with Crippen molar-refractivity contribution in [1.29, 1.82) is 0 Å². The molecule has 0 bridgehead atoms. The first-order valence-corrected chi connectivity index (χ1v) is 8.05. The first-order chi connectivity index (χ1) is 10.0. The van der Waals surface area contributed by atoms with Gasteiger partial charge < -0.3 is 10.7 Å². The van der Waals surface area contributed by atoms with Crippen LogP contribution in [0.2, 0.25) is 0 Å². The molecule has 0 aliphatic rings. The van der Waals surface area contributed by atoms with Gasteiger partial charge in [-0.1, -0.05) is 26.8 Å². The topological polar surface area (TPSA) is 75.9 Å². The second-order valence-electron chi connectivity index (χ2n) is 5.66. The van der Waals surface area contributed by atoms with Crippen LogP contribution in [0.5, 0.6) is 0 Å². The predicted octanol–water partition coefficient (Wildman–Crippen LogP) is 3.17. The normalized spacial score (nSPS) is 11.4. The van der Waals surface area contributed by atoms with Gasteiger partial charge in [-0.15, -0.1) is 11.3 Å². The van der Waals surface area contributed by atoms with Crippen LogP contribution in [0.15, 0.2) is 23.6 Å². The number of nitrogen functional groups attached to an aromatic ring is 1. The fourth-order valence-electron chi connectivity index (χ4n) is 2.06. The Bertz CT molecular complexity index is 565. The second-order valence-corrected chi connectivity index (χ2v) is 6.61. The lowest BCUT2D eigenvalue weighted by atomic mass is 9.91. The van der Waals surface area contributed by atoms with Gasteiger partial charge in [-0.3, -0.25) is 0 Å². The Balaban J connectivity index is 2.10. The Morgan fingerprint density at radius 2 is 2.05 bits per heavy atom. The highest BCUT2D eigenvalue weighted by atomic mass is 32.1. The number of hydrogen-bond acceptors (Lipinski definition) is 6. The van der Waals surface area contributed by atoms with Crippen LogP contribution in [-0.2, 0) is 11.8 Å². The van der Waals surface area contributed by atoms with E-state index in [1.54, 1.807) is 11.3 Å². The quantitative estimate of drug-likeness (QED) is 0.541. The summed E-state index contributed by atoms with van der Waals surface area (Å²) < 4.78 is 0. The summed E-state index contributed by atoms with van der Waals surface area (Å²) in [5.41, 5.74) is 2.66. The highest BCUT2D eigenvalue weighted by Crippen LogP contribution is 2.27. The minimum Gasteiger partial charge on any atom is -0.369 e. The molecule has 0 amide bonds. The summed E-state index contributed by atoms with van der Waals surface area (Å²) >= 11 is 1.78. The Morgan fingerprint density at radius 1 is 1.29 bits per heavy atom. The predicted molar refractivity (Wildman–Crippen MR) is 89.7 cm³/mol. The molecule has 0 spiro atoms. The summed E-state index contributed by atoms with van der Waals surface area (Å²) in [6, 6.07) is 6.09. The number of anilines is 2. The molecule has 2 aromatic rings. The highest BCUT2D eigenvalue weighted by molar-refractivity contribution is 7.10. The number of nitrogens with one attached hydrogen (secondary N) is 2. The average Bonchev–Trinajstić information content (AvgIpc) is 3.00. The van der Waals surface area contributed by atoms with Gasteiger partial charge in [-0.05, 0) is 17.9 Å². The van der Waals surface area contributed by atoms with Crippen molar-refractivity contribution in [3.63, 3.8) is 0 Å². The molecule has 2 heterocycles. The third-order valence-corrected chi connectivity index (χ3v) is 4.53. The van der Waals surface area contributed by atoms with Gasteiger partial charge in [0.2, 0.25) is 0 Å². The van der Waals surface area contributed by atoms with Crippen LogP contribution in [0.3, 0.4) is 0 Å². The summed E-state index contributed by atoms with van der Waals surface area (Å²) in [5, 5.41) is 5.52. The van der Waals surface area contributed by atoms with Crippen LogP contribution in [0.1, 0.15) is 37.9 Å². The standard InChI is InChI=1S/C15H23N5S/c1-4-6-12-18-13(9-14(19-12)20-16)17-10-15(2,3)11-7-5-8-21-11/h5,7-9H,4,6,10,16H2,1-3H3,(H2,17,18,19,20). The van der Waals surface area contributed by atoms with Crippen LogP contribution in [-0.4, -0.2) is 16.5 Å². The van der Waals surface area contributed by atoms with E-state index in [1.807, 2.05) is 6.07 Å². The Hall–Kier alpha value is -1.66. The SMILES string of the molecule is CCCc1nc(NN)cc(NCC(C)(C)c2cccs2)n1. The van der Waals surface area contributed by atoms with E-state index < -0.39 is 0 Å². The summed E-state index contributed by atoms with van der Waals surface area (Å²) in [7, 11) is 0. The number of hydrogen-bond donors (Lipinski definition) is 3. The zero-order valence-corrected chi connectivity index (χ0v) is 13.6. The van der Waals surface area contributed by atoms with Gasteiger partial charge >= 0.3 is 0 Å². The van der Waals surface area contributed by atoms with E-state index in [9.17, 15) is 0 Å². The molecule has 0 fully saturated rings. The van der Waals surface area contributed by atoms with Crippen molar-refractivity contribution in [3.8, 4) is 0 Å². The number of hydrazine groups is 1. The maximum Gasteiger partial charge on any atom is 0.145 e. The van der Waals surface area contributed by atoms with E-state index in [0.29, 0.717) is 5.82 Å². The Labute approximate surface area is 130 Å². The number of nitrogens with two attached hydrogens (primary N) is 1. The first-order valence-electron chi connectivity index (χ1n) is 7.17. The molecule has 2 aromatic heterocycles. The zero-order valence-electron chi connectivity index (χ0n) is 12.8. The molecule has 4 N–H and O–H groups in total. The third kappa shape index (κ3) is 4.15. The number of nitrogens with zero attached hydrogens (tertiary/aromatic N) is 2. The van der Waals surface area contributed by atoms with Crippen LogP contribution in [0, 0.1) is 0 Å². The highest BCUT2D eigenvalue weighted by Gasteiger charge is 2.21. The van der Waals surface area contributed by atoms with Gasteiger partial charge in [0.25, 0.3) is 0 Å². The van der Waals surface area contributed by atoms with Crippen molar-refractivity contribution in [2.75, 3.05) is 17.3 Å². The third-order valence-electron chi connectivity index (χ3n) is 3.29. The van der Waals surface area contributed by atoms with E-state index in [0.717, 1.165) is 31.0 Å². The fraction of sp³-hybridized carbons (Fsp3) is 0.467. The largest absolute Gasteiger partial charge is 0.369 e. The minimum absolute atomic E-state index is 0.0559. The van der Waals surface area contributed by atoms with Crippen LogP contribution >= 0.6 is 11.3 Å². The number of thiophene rings is 1. The molecule has 0 radical (unpaired) electrons. The van der Waals surface area contributed by atoms with Crippen molar-refractivity contribution in [1.82, 2.24) is 9.97 Å². The summed E-state index contributed by atoms with van der Waals surface area (Å²) in [6.45, 7) is 7.36. The maximum atomic E-state index is 5.48. The molecule has 0 unspecified atom stereocenters. The van der Waals surface area contributed by atoms with E-state index in [1.165, 1.54) is 4.88 Å². The summed E-state index contributed by atoms with van der Waals surface area (Å²) in [4.78, 5) is 10.2. The van der Waals surface area contributed by atoms with Crippen molar-refractivity contribution in [2.24, 2.45) is 5.84 Å². The monoisotopic (exact) mass is 305 g/mol. The maximum absolute atomic E-state index is 5.48. The van der Waals surface area contributed by atoms with Gasteiger partial charge in [0, 0.05) is 29.3 Å². The molecule has 0 saturated carbocycles. The van der Waals surface area contributed by atoms with E-state index in [2.05, 4.69) is 59.0 Å². The van der Waals surface area contributed by atoms with Crippen molar-refractivity contribution < 1.29 is 0 Å². The molecule has 0 atom stereocenters. The minimum atomic E-state index is 0.0559. The van der Waals surface area contributed by atoms with Gasteiger partial charge in [-0.25, -0.2) is 15.8 Å². The average molecular weight is 305 g/mol. The number of aryl methyl sites for hydroxylation is 1. The Kier molecular flexibility index (Phi) is 5.14. The lowest BCUT2D eigenvalue weighted by Gasteiger charge is -2.24. The van der Waals surface area contributed by atoms with Gasteiger partial charge in [0.1, 0.15) is 17.5 Å². The molecule has 0 aliphatic heterocycles. The first kappa shape index (κ1) is 15.7. The molecule has 0 saturated heterocycles. The van der Waals surface area contributed by atoms with Crippen molar-refractivity contribution in [2.45, 2.75) is 39.0 Å². The van der Waals surface area contributed by atoms with Crippen LogP contribution in [0.4, 0.5) is 11.6 Å². The van der Waals surface area contributed by atoms with Crippen LogP contribution < -0.4 is 16.6 Å². The second kappa shape index (κ2) is 6.87. The molecular weight excluding hydrogens is 282 g/mol. The lowest BCUT2D eigenvalue weighted by Crippen LogP contribution is -2.27. The molecule has 0 aromatic carbocycles. The van der Waals surface area contributed by atoms with E-state index >= 15 is 0 Å². The van der Waals surface area contributed by atoms with Crippen molar-refractivity contribution >= 4 is 23.0 Å². The molecule has 21 heavy (non-hydrogen) atoms. The van der Waals surface area contributed by atoms with E-state index in [4.69, 9.17) is 5.84 Å². The van der Waals surface area contributed by atoms with E-state index in [-0.39, 0.29) is 5.41 Å². The van der Waals surface area contributed by atoms with Gasteiger partial charge in [-0.2, -0.15) is 0 Å². The fourth-order valence-corrected chi connectivity index (χ4v) is 2.91. The lowest BCUT2D eigenvalue weighted by molar-refractivity contribution is 0.568. The molecule has 114 valence electrons. The van der Waals surface area contributed by atoms with Gasteiger partial charge in [0.15, 0.2) is 0 Å². The molecule has 2 rings (SSSR count). The number of rotatable bonds is 7.